The number of aromatic nitrogens is 2. The molecule has 1 unspecified atom stereocenters. The Bertz CT molecular complexity index is 855. The molecule has 3 rings (SSSR count). The van der Waals surface area contributed by atoms with Crippen molar-refractivity contribution >= 4 is 37.4 Å². The first-order valence-electron chi connectivity index (χ1n) is 9.20. The first kappa shape index (κ1) is 20.9. The second-order valence-electron chi connectivity index (χ2n) is 8.18. The van der Waals surface area contributed by atoms with Crippen LogP contribution in [0.25, 0.3) is 0 Å². The summed E-state index contributed by atoms with van der Waals surface area (Å²) in [5, 5.41) is 3.44. The number of halogens is 1. The lowest BCUT2D eigenvalue weighted by Gasteiger charge is -2.33. The standard InChI is InChI=1S/C17H25ClN4O5S/c1-17(2,3)27-16(24)20-6-4-12(5-7-20)22-10-13(9-19-22)21-11-14(8-15(21)23)28(18,25)26/h9-10,12,14H,4-8,11H2,1-3H3. The molecule has 0 aromatic carbocycles. The number of carbonyl (C=O) groups excluding carboxylic acids is 2. The van der Waals surface area contributed by atoms with Gasteiger partial charge < -0.3 is 14.5 Å². The number of likely N-dealkylation sites (tertiary alicyclic amines) is 1. The van der Waals surface area contributed by atoms with Gasteiger partial charge in [-0.15, -0.1) is 0 Å². The van der Waals surface area contributed by atoms with E-state index in [0.29, 0.717) is 31.6 Å². The maximum absolute atomic E-state index is 12.2. The summed E-state index contributed by atoms with van der Waals surface area (Å²) in [6, 6.07) is 0.0951. The minimum atomic E-state index is -3.78. The molecule has 0 aliphatic carbocycles. The van der Waals surface area contributed by atoms with E-state index in [9.17, 15) is 18.0 Å². The fourth-order valence-electron chi connectivity index (χ4n) is 3.42. The summed E-state index contributed by atoms with van der Waals surface area (Å²) in [6.45, 7) is 6.66. The van der Waals surface area contributed by atoms with Crippen molar-refractivity contribution in [3.63, 3.8) is 0 Å². The topological polar surface area (TPSA) is 102 Å². The maximum atomic E-state index is 12.2. The zero-order valence-electron chi connectivity index (χ0n) is 16.2. The second kappa shape index (κ2) is 7.55. The highest BCUT2D eigenvalue weighted by Crippen LogP contribution is 2.29. The molecule has 156 valence electrons. The van der Waals surface area contributed by atoms with Gasteiger partial charge in [0.15, 0.2) is 0 Å². The Labute approximate surface area is 169 Å². The lowest BCUT2D eigenvalue weighted by Crippen LogP contribution is -2.42. The second-order valence-corrected chi connectivity index (χ2v) is 11.1. The van der Waals surface area contributed by atoms with E-state index < -0.39 is 19.9 Å². The van der Waals surface area contributed by atoms with Crippen LogP contribution in [-0.4, -0.2) is 65.6 Å². The molecule has 0 N–H and O–H groups in total. The Morgan fingerprint density at radius 2 is 1.93 bits per heavy atom. The molecule has 3 heterocycles. The molecule has 9 nitrogen and oxygen atoms in total. The van der Waals surface area contributed by atoms with Gasteiger partial charge in [-0.1, -0.05) is 0 Å². The van der Waals surface area contributed by atoms with Crippen LogP contribution in [0, 0.1) is 0 Å². The lowest BCUT2D eigenvalue weighted by molar-refractivity contribution is -0.117. The van der Waals surface area contributed by atoms with Crippen LogP contribution < -0.4 is 4.90 Å². The number of anilines is 1. The van der Waals surface area contributed by atoms with Gasteiger partial charge in [0.25, 0.3) is 0 Å². The molecule has 0 radical (unpaired) electrons. The number of hydrogen-bond acceptors (Lipinski definition) is 6. The van der Waals surface area contributed by atoms with Crippen molar-refractivity contribution in [2.75, 3.05) is 24.5 Å². The van der Waals surface area contributed by atoms with Crippen LogP contribution in [0.4, 0.5) is 10.5 Å². The number of nitrogens with zero attached hydrogens (tertiary/aromatic N) is 4. The Morgan fingerprint density at radius 1 is 1.29 bits per heavy atom. The van der Waals surface area contributed by atoms with E-state index in [2.05, 4.69) is 5.10 Å². The Hall–Kier alpha value is -1.81. The maximum Gasteiger partial charge on any atom is 0.410 e. The number of ether oxygens (including phenoxy) is 1. The Morgan fingerprint density at radius 3 is 2.46 bits per heavy atom. The van der Waals surface area contributed by atoms with Gasteiger partial charge in [0.1, 0.15) is 10.9 Å². The molecule has 1 aromatic rings. The predicted octanol–water partition coefficient (Wildman–Crippen LogP) is 2.13. The molecule has 0 spiro atoms. The fourth-order valence-corrected chi connectivity index (χ4v) is 4.45. The first-order chi connectivity index (χ1) is 12.9. The Kier molecular flexibility index (Phi) is 5.64. The molecule has 0 bridgehead atoms. The highest BCUT2D eigenvalue weighted by atomic mass is 35.7. The van der Waals surface area contributed by atoms with Crippen LogP contribution >= 0.6 is 10.7 Å². The van der Waals surface area contributed by atoms with Crippen molar-refractivity contribution in [3.05, 3.63) is 12.4 Å². The zero-order chi connectivity index (χ0) is 20.7. The SMILES string of the molecule is CC(C)(C)OC(=O)N1CCC(n2cc(N3CC(S(=O)(=O)Cl)CC3=O)cn2)CC1. The van der Waals surface area contributed by atoms with Crippen molar-refractivity contribution < 1.29 is 22.7 Å². The van der Waals surface area contributed by atoms with Crippen LogP contribution in [0.3, 0.4) is 0 Å². The summed E-state index contributed by atoms with van der Waals surface area (Å²) in [4.78, 5) is 27.4. The third kappa shape index (κ3) is 4.78. The number of carbonyl (C=O) groups is 2. The summed E-state index contributed by atoms with van der Waals surface area (Å²) in [5.74, 6) is -0.284. The lowest BCUT2D eigenvalue weighted by atomic mass is 10.1. The third-order valence-electron chi connectivity index (χ3n) is 4.88. The molecule has 2 aliphatic heterocycles. The van der Waals surface area contributed by atoms with Gasteiger partial charge in [-0.3, -0.25) is 9.48 Å². The number of piperidine rings is 1. The molecule has 1 atom stereocenters. The summed E-state index contributed by atoms with van der Waals surface area (Å²) < 4.78 is 30.2. The van der Waals surface area contributed by atoms with Crippen LogP contribution in [0.2, 0.25) is 0 Å². The first-order valence-corrected chi connectivity index (χ1v) is 11.6. The summed E-state index contributed by atoms with van der Waals surface area (Å²) in [6.07, 6.45) is 4.30. The quantitative estimate of drug-likeness (QED) is 0.678. The van der Waals surface area contributed by atoms with Gasteiger partial charge in [0, 0.05) is 42.9 Å². The third-order valence-corrected chi connectivity index (χ3v) is 6.75. The van der Waals surface area contributed by atoms with Crippen LogP contribution in [0.15, 0.2) is 12.4 Å². The number of amides is 2. The smallest absolute Gasteiger partial charge is 0.410 e. The predicted molar refractivity (Wildman–Crippen MR) is 104 cm³/mol. The minimum absolute atomic E-state index is 0.0352. The Balaban J connectivity index is 1.60. The molecule has 2 amide bonds. The van der Waals surface area contributed by atoms with E-state index in [4.69, 9.17) is 15.4 Å². The van der Waals surface area contributed by atoms with Crippen molar-refractivity contribution in [1.29, 1.82) is 0 Å². The van der Waals surface area contributed by atoms with E-state index in [1.165, 1.54) is 4.90 Å². The summed E-state index contributed by atoms with van der Waals surface area (Å²) in [7, 11) is 1.61. The van der Waals surface area contributed by atoms with E-state index in [1.54, 1.807) is 22.0 Å². The molecule has 2 aliphatic rings. The minimum Gasteiger partial charge on any atom is -0.444 e. The van der Waals surface area contributed by atoms with Gasteiger partial charge in [-0.25, -0.2) is 13.2 Å². The normalized spacial score (nSPS) is 22.0. The molecule has 0 saturated carbocycles. The van der Waals surface area contributed by atoms with E-state index in [0.717, 1.165) is 0 Å². The largest absolute Gasteiger partial charge is 0.444 e. The molecular formula is C17H25ClN4O5S. The van der Waals surface area contributed by atoms with Crippen molar-refractivity contribution in [2.24, 2.45) is 0 Å². The van der Waals surface area contributed by atoms with E-state index in [1.807, 2.05) is 20.8 Å². The molecule has 2 fully saturated rings. The summed E-state index contributed by atoms with van der Waals surface area (Å²) >= 11 is 0. The van der Waals surface area contributed by atoms with Gasteiger partial charge in [0.2, 0.25) is 15.0 Å². The van der Waals surface area contributed by atoms with Gasteiger partial charge in [0.05, 0.1) is 17.9 Å². The van der Waals surface area contributed by atoms with Crippen molar-refractivity contribution in [3.8, 4) is 0 Å². The number of rotatable bonds is 3. The van der Waals surface area contributed by atoms with Gasteiger partial charge in [-0.05, 0) is 33.6 Å². The fraction of sp³-hybridized carbons (Fsp3) is 0.706. The van der Waals surface area contributed by atoms with Crippen LogP contribution in [0.5, 0.6) is 0 Å². The van der Waals surface area contributed by atoms with Crippen molar-refractivity contribution in [2.45, 2.75) is 56.9 Å². The average molecular weight is 433 g/mol. The highest BCUT2D eigenvalue weighted by Gasteiger charge is 2.38. The molecule has 28 heavy (non-hydrogen) atoms. The van der Waals surface area contributed by atoms with E-state index in [-0.39, 0.29) is 31.0 Å². The molecule has 2 saturated heterocycles. The zero-order valence-corrected chi connectivity index (χ0v) is 17.7. The van der Waals surface area contributed by atoms with Gasteiger partial charge in [-0.2, -0.15) is 5.10 Å². The van der Waals surface area contributed by atoms with Crippen LogP contribution in [-0.2, 0) is 18.6 Å². The monoisotopic (exact) mass is 432 g/mol. The molecule has 11 heteroatoms. The highest BCUT2D eigenvalue weighted by molar-refractivity contribution is 8.14. The van der Waals surface area contributed by atoms with Crippen molar-refractivity contribution in [1.82, 2.24) is 14.7 Å². The average Bonchev–Trinajstić information content (AvgIpc) is 3.19. The molecule has 1 aromatic heterocycles. The number of hydrogen-bond donors (Lipinski definition) is 0. The summed E-state index contributed by atoms with van der Waals surface area (Å²) in [5.41, 5.74) is 0.0314. The molecular weight excluding hydrogens is 408 g/mol. The van der Waals surface area contributed by atoms with Gasteiger partial charge >= 0.3 is 6.09 Å². The van der Waals surface area contributed by atoms with Crippen LogP contribution in [0.1, 0.15) is 46.1 Å². The van der Waals surface area contributed by atoms with E-state index >= 15 is 0 Å².